The topological polar surface area (TPSA) is 35.5 Å². The maximum Gasteiger partial charge on any atom is 0.416 e. The molecular weight excluding hydrogens is 309 g/mol. The Hall–Kier alpha value is -2.34. The van der Waals surface area contributed by atoms with E-state index in [-0.39, 0.29) is 11.1 Å². The summed E-state index contributed by atoms with van der Waals surface area (Å²) in [4.78, 5) is 12.0. The van der Waals surface area contributed by atoms with Crippen molar-refractivity contribution in [3.8, 4) is 0 Å². The normalized spacial score (nSPS) is 11.3. The molecule has 0 aliphatic heterocycles. The lowest BCUT2D eigenvalue weighted by molar-refractivity contribution is -0.138. The lowest BCUT2D eigenvalue weighted by Gasteiger charge is -2.13. The van der Waals surface area contributed by atoms with Gasteiger partial charge in [0.1, 0.15) is 6.61 Å². The van der Waals surface area contributed by atoms with Gasteiger partial charge in [0, 0.05) is 12.7 Å². The number of carbonyl (C=O) groups excluding carboxylic acids is 1. The molecule has 0 aromatic heterocycles. The summed E-state index contributed by atoms with van der Waals surface area (Å²) in [7, 11) is 1.53. The van der Waals surface area contributed by atoms with Gasteiger partial charge in [-0.05, 0) is 23.8 Å². The molecule has 0 unspecified atom stereocenters. The zero-order valence-electron chi connectivity index (χ0n) is 12.4. The van der Waals surface area contributed by atoms with Gasteiger partial charge in [-0.3, -0.25) is 0 Å². The van der Waals surface area contributed by atoms with Crippen molar-refractivity contribution in [2.75, 3.05) is 7.11 Å². The van der Waals surface area contributed by atoms with Crippen LogP contribution in [0.5, 0.6) is 0 Å². The molecule has 0 bridgehead atoms. The minimum absolute atomic E-state index is 0.0820. The summed E-state index contributed by atoms with van der Waals surface area (Å²) in [6.07, 6.45) is -4.48. The fourth-order valence-electron chi connectivity index (χ4n) is 2.10. The Morgan fingerprint density at radius 2 is 1.78 bits per heavy atom. The first-order valence-electron chi connectivity index (χ1n) is 6.82. The first kappa shape index (κ1) is 17.0. The van der Waals surface area contributed by atoms with Gasteiger partial charge in [0.05, 0.1) is 17.7 Å². The largest absolute Gasteiger partial charge is 0.457 e. The maximum atomic E-state index is 12.9. The minimum Gasteiger partial charge on any atom is -0.457 e. The van der Waals surface area contributed by atoms with E-state index < -0.39 is 24.3 Å². The van der Waals surface area contributed by atoms with Gasteiger partial charge in [-0.15, -0.1) is 0 Å². The van der Waals surface area contributed by atoms with E-state index in [1.165, 1.54) is 31.4 Å². The van der Waals surface area contributed by atoms with Crippen LogP contribution in [0.25, 0.3) is 0 Å². The number of alkyl halides is 3. The molecule has 2 aromatic rings. The molecule has 0 amide bonds. The Morgan fingerprint density at radius 1 is 1.04 bits per heavy atom. The lowest BCUT2D eigenvalue weighted by Crippen LogP contribution is -2.12. The SMILES string of the molecule is COCc1cccc(C(=O)OCc2ccccc2C(F)(F)F)c1. The van der Waals surface area contributed by atoms with Crippen molar-refractivity contribution in [3.05, 3.63) is 70.8 Å². The number of rotatable bonds is 5. The van der Waals surface area contributed by atoms with E-state index in [1.807, 2.05) is 0 Å². The van der Waals surface area contributed by atoms with E-state index >= 15 is 0 Å². The van der Waals surface area contributed by atoms with Crippen molar-refractivity contribution < 1.29 is 27.4 Å². The monoisotopic (exact) mass is 324 g/mol. The zero-order chi connectivity index (χ0) is 16.9. The number of halogens is 3. The van der Waals surface area contributed by atoms with Crippen LogP contribution in [0.4, 0.5) is 13.2 Å². The van der Waals surface area contributed by atoms with Gasteiger partial charge >= 0.3 is 12.1 Å². The van der Waals surface area contributed by atoms with E-state index in [2.05, 4.69) is 0 Å². The summed E-state index contributed by atoms with van der Waals surface area (Å²) in [5, 5.41) is 0. The van der Waals surface area contributed by atoms with Crippen LogP contribution in [0.2, 0.25) is 0 Å². The molecule has 122 valence electrons. The van der Waals surface area contributed by atoms with Crippen LogP contribution < -0.4 is 0 Å². The maximum absolute atomic E-state index is 12.9. The van der Waals surface area contributed by atoms with E-state index in [0.29, 0.717) is 6.61 Å². The second kappa shape index (κ2) is 7.28. The van der Waals surface area contributed by atoms with E-state index in [1.54, 1.807) is 18.2 Å². The molecule has 0 fully saturated rings. The molecule has 0 N–H and O–H groups in total. The zero-order valence-corrected chi connectivity index (χ0v) is 12.4. The smallest absolute Gasteiger partial charge is 0.416 e. The van der Waals surface area contributed by atoms with Gasteiger partial charge < -0.3 is 9.47 Å². The van der Waals surface area contributed by atoms with Gasteiger partial charge in [0.25, 0.3) is 0 Å². The van der Waals surface area contributed by atoms with Gasteiger partial charge in [0.2, 0.25) is 0 Å². The third-order valence-electron chi connectivity index (χ3n) is 3.16. The molecule has 23 heavy (non-hydrogen) atoms. The van der Waals surface area contributed by atoms with Crippen LogP contribution in [0.3, 0.4) is 0 Å². The first-order chi connectivity index (χ1) is 10.9. The van der Waals surface area contributed by atoms with E-state index in [4.69, 9.17) is 9.47 Å². The van der Waals surface area contributed by atoms with Crippen LogP contribution in [-0.4, -0.2) is 13.1 Å². The number of carbonyl (C=O) groups is 1. The fourth-order valence-corrected chi connectivity index (χ4v) is 2.10. The number of benzene rings is 2. The number of hydrogen-bond acceptors (Lipinski definition) is 3. The van der Waals surface area contributed by atoms with Crippen molar-refractivity contribution in [3.63, 3.8) is 0 Å². The molecule has 6 heteroatoms. The van der Waals surface area contributed by atoms with E-state index in [9.17, 15) is 18.0 Å². The van der Waals surface area contributed by atoms with Crippen LogP contribution >= 0.6 is 0 Å². The second-order valence-electron chi connectivity index (χ2n) is 4.86. The first-order valence-corrected chi connectivity index (χ1v) is 6.82. The molecule has 3 nitrogen and oxygen atoms in total. The fraction of sp³-hybridized carbons (Fsp3) is 0.235. The summed E-state index contributed by atoms with van der Waals surface area (Å²) in [6.45, 7) is -0.110. The Balaban J connectivity index is 2.10. The van der Waals surface area contributed by atoms with Crippen molar-refractivity contribution in [2.24, 2.45) is 0 Å². The Kier molecular flexibility index (Phi) is 5.39. The van der Waals surface area contributed by atoms with Gasteiger partial charge in [-0.2, -0.15) is 13.2 Å². The van der Waals surface area contributed by atoms with Gasteiger partial charge in [-0.25, -0.2) is 4.79 Å². The molecule has 0 aliphatic carbocycles. The molecular formula is C17H15F3O3. The summed E-state index contributed by atoms with van der Waals surface area (Å²) in [6, 6.07) is 11.6. The highest BCUT2D eigenvalue weighted by atomic mass is 19.4. The number of methoxy groups -OCH3 is 1. The van der Waals surface area contributed by atoms with Crippen LogP contribution in [0.1, 0.15) is 27.0 Å². The predicted octanol–water partition coefficient (Wildman–Crippen LogP) is 4.21. The molecule has 0 heterocycles. The van der Waals surface area contributed by atoms with Crippen molar-refractivity contribution in [1.82, 2.24) is 0 Å². The molecule has 2 rings (SSSR count). The molecule has 0 spiro atoms. The molecule has 0 saturated heterocycles. The summed E-state index contributed by atoms with van der Waals surface area (Å²) >= 11 is 0. The lowest BCUT2D eigenvalue weighted by atomic mass is 10.1. The highest BCUT2D eigenvalue weighted by molar-refractivity contribution is 5.89. The van der Waals surface area contributed by atoms with Crippen molar-refractivity contribution >= 4 is 5.97 Å². The van der Waals surface area contributed by atoms with Gasteiger partial charge in [-0.1, -0.05) is 30.3 Å². The molecule has 2 aromatic carbocycles. The highest BCUT2D eigenvalue weighted by Crippen LogP contribution is 2.32. The third-order valence-corrected chi connectivity index (χ3v) is 3.16. The average molecular weight is 324 g/mol. The summed E-state index contributed by atoms with van der Waals surface area (Å²) in [5.74, 6) is -0.681. The van der Waals surface area contributed by atoms with Crippen molar-refractivity contribution in [1.29, 1.82) is 0 Å². The minimum atomic E-state index is -4.48. The number of ether oxygens (including phenoxy) is 2. The Morgan fingerprint density at radius 3 is 2.48 bits per heavy atom. The molecule has 0 atom stereocenters. The number of hydrogen-bond donors (Lipinski definition) is 0. The van der Waals surface area contributed by atoms with Crippen LogP contribution in [0, 0.1) is 0 Å². The Labute approximate surface area is 131 Å². The molecule has 0 aliphatic rings. The van der Waals surface area contributed by atoms with Crippen molar-refractivity contribution in [2.45, 2.75) is 19.4 Å². The predicted molar refractivity (Wildman–Crippen MR) is 77.7 cm³/mol. The summed E-state index contributed by atoms with van der Waals surface area (Å²) in [5.41, 5.74) is 0.156. The molecule has 0 radical (unpaired) electrons. The average Bonchev–Trinajstić information content (AvgIpc) is 2.52. The van der Waals surface area contributed by atoms with Gasteiger partial charge in [0.15, 0.2) is 0 Å². The van der Waals surface area contributed by atoms with E-state index in [0.717, 1.165) is 11.6 Å². The highest BCUT2D eigenvalue weighted by Gasteiger charge is 2.33. The standard InChI is InChI=1S/C17H15F3O3/c1-22-10-12-5-4-7-13(9-12)16(21)23-11-14-6-2-3-8-15(14)17(18,19)20/h2-9H,10-11H2,1H3. The van der Waals surface area contributed by atoms with Crippen LogP contribution in [0.15, 0.2) is 48.5 Å². The molecule has 0 saturated carbocycles. The van der Waals surface area contributed by atoms with Crippen LogP contribution in [-0.2, 0) is 28.9 Å². The summed E-state index contributed by atoms with van der Waals surface area (Å²) < 4.78 is 48.6. The number of esters is 1. The Bertz CT molecular complexity index is 681. The second-order valence-corrected chi connectivity index (χ2v) is 4.86. The third kappa shape index (κ3) is 4.56. The quantitative estimate of drug-likeness (QED) is 0.773.